The third-order valence-corrected chi connectivity index (χ3v) is 4.50. The Morgan fingerprint density at radius 1 is 0.652 bits per heavy atom. The minimum Gasteiger partial charge on any atom is -0.212 e. The van der Waals surface area contributed by atoms with Crippen molar-refractivity contribution in [2.75, 3.05) is 0 Å². The molecule has 0 saturated heterocycles. The van der Waals surface area contributed by atoms with Crippen molar-refractivity contribution in [3.05, 3.63) is 107 Å². The summed E-state index contributed by atoms with van der Waals surface area (Å²) in [6, 6.07) is 29.7. The molecule has 0 radical (unpaired) electrons. The molecule has 3 rings (SSSR count). The molecule has 0 spiro atoms. The first-order valence-corrected chi connectivity index (χ1v) is 8.19. The van der Waals surface area contributed by atoms with Crippen LogP contribution in [0.2, 0.25) is 0 Å². The van der Waals surface area contributed by atoms with E-state index in [0.29, 0.717) is 0 Å². The van der Waals surface area contributed by atoms with Crippen LogP contribution in [0.4, 0.5) is 0 Å². The van der Waals surface area contributed by atoms with Crippen molar-refractivity contribution in [2.45, 2.75) is 18.9 Å². The fraction of sp³-hybridized carbons (Fsp3) is 0.143. The first-order valence-electron chi connectivity index (χ1n) is 7.82. The maximum atomic E-state index is 4.96. The van der Waals surface area contributed by atoms with Gasteiger partial charge in [-0.25, -0.2) is 4.36 Å². The van der Waals surface area contributed by atoms with E-state index in [-0.39, 0.29) is 12.0 Å². The molecule has 0 heterocycles. The van der Waals surface area contributed by atoms with Crippen molar-refractivity contribution in [1.29, 1.82) is 0 Å². The van der Waals surface area contributed by atoms with Crippen LogP contribution in [0.3, 0.4) is 0 Å². The Kier molecular flexibility index (Phi) is 4.94. The van der Waals surface area contributed by atoms with Crippen LogP contribution in [0.1, 0.15) is 41.1 Å². The van der Waals surface area contributed by atoms with Crippen LogP contribution < -0.4 is 0 Å². The Hall–Kier alpha value is -2.32. The van der Waals surface area contributed by atoms with E-state index in [9.17, 15) is 0 Å². The van der Waals surface area contributed by atoms with Crippen molar-refractivity contribution in [3.8, 4) is 0 Å². The predicted molar refractivity (Wildman–Crippen MR) is 98.5 cm³/mol. The lowest BCUT2D eigenvalue weighted by atomic mass is 9.82. The fourth-order valence-corrected chi connectivity index (χ4v) is 3.17. The topological polar surface area (TPSA) is 12.4 Å². The molecule has 0 fully saturated rings. The first kappa shape index (κ1) is 15.6. The zero-order valence-corrected chi connectivity index (χ0v) is 13.9. The van der Waals surface area contributed by atoms with Crippen LogP contribution >= 0.6 is 0 Å². The lowest BCUT2D eigenvalue weighted by Crippen LogP contribution is -2.07. The van der Waals surface area contributed by atoms with Crippen molar-refractivity contribution >= 4 is 12.4 Å². The van der Waals surface area contributed by atoms with Gasteiger partial charge in [0.2, 0.25) is 0 Å². The Balaban J connectivity index is 2.20. The van der Waals surface area contributed by atoms with E-state index in [1.165, 1.54) is 22.3 Å². The molecule has 0 aliphatic carbocycles. The van der Waals surface area contributed by atoms with E-state index >= 15 is 0 Å². The molecule has 3 aromatic carbocycles. The highest BCUT2D eigenvalue weighted by Gasteiger charge is 2.21. The van der Waals surface area contributed by atoms with Gasteiger partial charge in [0, 0.05) is 18.3 Å². The molecule has 0 aromatic heterocycles. The van der Waals surface area contributed by atoms with E-state index in [0.717, 1.165) is 0 Å². The molecule has 114 valence electrons. The average molecular weight is 317 g/mol. The molecule has 23 heavy (non-hydrogen) atoms. The molecule has 0 amide bonds. The quantitative estimate of drug-likeness (QED) is 0.553. The zero-order chi connectivity index (χ0) is 16.1. The summed E-state index contributed by atoms with van der Waals surface area (Å²) in [5.74, 6) is 0.188. The number of hydrogen-bond donors (Lipinski definition) is 0. The first-order chi connectivity index (χ1) is 11.3. The largest absolute Gasteiger partial charge is 0.212 e. The highest BCUT2D eigenvalue weighted by atomic mass is 32.1. The summed E-state index contributed by atoms with van der Waals surface area (Å²) in [7, 11) is 0. The number of benzene rings is 3. The predicted octanol–water partition coefficient (Wildman–Crippen LogP) is 5.66. The van der Waals surface area contributed by atoms with Crippen LogP contribution in [-0.4, -0.2) is 0 Å². The third-order valence-electron chi connectivity index (χ3n) is 4.18. The summed E-state index contributed by atoms with van der Waals surface area (Å²) in [4.78, 5) is 0. The molecule has 1 unspecified atom stereocenters. The van der Waals surface area contributed by atoms with E-state index < -0.39 is 0 Å². The molecule has 3 aromatic rings. The van der Waals surface area contributed by atoms with Gasteiger partial charge in [-0.1, -0.05) is 84.9 Å². The molecule has 2 heteroatoms. The number of hydrogen-bond acceptors (Lipinski definition) is 2. The number of rotatable bonds is 5. The fourth-order valence-electron chi connectivity index (χ4n) is 3.05. The Morgan fingerprint density at radius 3 is 1.57 bits per heavy atom. The van der Waals surface area contributed by atoms with Crippen molar-refractivity contribution in [3.63, 3.8) is 0 Å². The Bertz CT molecular complexity index is 729. The maximum absolute atomic E-state index is 4.96. The highest BCUT2D eigenvalue weighted by molar-refractivity contribution is 7.47. The average Bonchev–Trinajstić information content (AvgIpc) is 2.63. The zero-order valence-electron chi connectivity index (χ0n) is 13.1. The molecule has 0 aliphatic heterocycles. The Labute approximate surface area is 143 Å². The van der Waals surface area contributed by atoms with E-state index in [1.54, 1.807) is 0 Å². The lowest BCUT2D eigenvalue weighted by molar-refractivity contribution is 0.805. The minimum absolute atomic E-state index is 0.0103. The standard InChI is InChI=1S/C21H19NS/c1-16(22-23)19-14-8-9-15-20(19)21(17-10-4-2-5-11-17)18-12-6-3-7-13-18/h2-16,21H,1H3. The van der Waals surface area contributed by atoms with Crippen LogP contribution in [0.15, 0.2) is 89.3 Å². The molecule has 1 atom stereocenters. The molecule has 0 saturated carbocycles. The molecule has 0 N–H and O–H groups in total. The summed E-state index contributed by atoms with van der Waals surface area (Å²) in [6.07, 6.45) is 0. The van der Waals surface area contributed by atoms with Gasteiger partial charge in [-0.3, -0.25) is 0 Å². The monoisotopic (exact) mass is 317 g/mol. The van der Waals surface area contributed by atoms with Gasteiger partial charge in [0.25, 0.3) is 0 Å². The van der Waals surface area contributed by atoms with Gasteiger partial charge in [0.15, 0.2) is 0 Å². The second-order valence-corrected chi connectivity index (χ2v) is 5.88. The molecular formula is C21H19NS. The minimum atomic E-state index is 0.0103. The van der Waals surface area contributed by atoms with Gasteiger partial charge in [-0.15, -0.1) is 0 Å². The summed E-state index contributed by atoms with van der Waals surface area (Å²) in [5, 5.41) is 0. The summed E-state index contributed by atoms with van der Waals surface area (Å²) in [6.45, 7) is 2.05. The molecule has 0 bridgehead atoms. The summed E-state index contributed by atoms with van der Waals surface area (Å²) >= 11 is 4.96. The van der Waals surface area contributed by atoms with Gasteiger partial charge in [-0.05, 0) is 29.2 Å². The van der Waals surface area contributed by atoms with Crippen LogP contribution in [0.25, 0.3) is 0 Å². The van der Waals surface area contributed by atoms with Crippen LogP contribution in [0, 0.1) is 0 Å². The smallest absolute Gasteiger partial charge is 0.0855 e. The van der Waals surface area contributed by atoms with Crippen molar-refractivity contribution in [1.82, 2.24) is 0 Å². The highest BCUT2D eigenvalue weighted by Crippen LogP contribution is 2.36. The van der Waals surface area contributed by atoms with Gasteiger partial charge in [-0.2, -0.15) is 0 Å². The summed E-state index contributed by atoms with van der Waals surface area (Å²) < 4.78 is 4.07. The molecule has 0 aliphatic rings. The molecule has 1 nitrogen and oxygen atoms in total. The third kappa shape index (κ3) is 3.38. The van der Waals surface area contributed by atoms with Gasteiger partial charge >= 0.3 is 0 Å². The Morgan fingerprint density at radius 2 is 1.09 bits per heavy atom. The normalized spacial score (nSPS) is 12.1. The van der Waals surface area contributed by atoms with E-state index in [1.807, 2.05) is 0 Å². The maximum Gasteiger partial charge on any atom is 0.0855 e. The van der Waals surface area contributed by atoms with Crippen molar-refractivity contribution < 1.29 is 0 Å². The second kappa shape index (κ2) is 7.30. The van der Waals surface area contributed by atoms with Crippen LogP contribution in [-0.2, 0) is 12.4 Å². The lowest BCUT2D eigenvalue weighted by Gasteiger charge is -2.23. The van der Waals surface area contributed by atoms with E-state index in [4.69, 9.17) is 12.4 Å². The van der Waals surface area contributed by atoms with E-state index in [2.05, 4.69) is 96.2 Å². The van der Waals surface area contributed by atoms with Gasteiger partial charge in [0.05, 0.1) is 6.04 Å². The second-order valence-electron chi connectivity index (χ2n) is 5.66. The number of nitrogens with zero attached hydrogens (tertiary/aromatic N) is 1. The van der Waals surface area contributed by atoms with Gasteiger partial charge < -0.3 is 0 Å². The SMILES string of the molecule is CC(N=S)c1ccccc1C(c1ccccc1)c1ccccc1. The van der Waals surface area contributed by atoms with Crippen molar-refractivity contribution in [2.24, 2.45) is 4.36 Å². The molecular weight excluding hydrogens is 298 g/mol. The van der Waals surface area contributed by atoms with Crippen LogP contribution in [0.5, 0.6) is 0 Å². The van der Waals surface area contributed by atoms with Gasteiger partial charge in [0.1, 0.15) is 0 Å². The summed E-state index contributed by atoms with van der Waals surface area (Å²) in [5.41, 5.74) is 5.02.